The van der Waals surface area contributed by atoms with Crippen LogP contribution >= 0.6 is 0 Å². The molecule has 1 rings (SSSR count). The van der Waals surface area contributed by atoms with Gasteiger partial charge in [0.1, 0.15) is 8.07 Å². The number of carbonyl (C=O) groups excluding carboxylic acids is 1. The van der Waals surface area contributed by atoms with Gasteiger partial charge in [-0.1, -0.05) is 63.2 Å². The molecule has 116 valence electrons. The van der Waals surface area contributed by atoms with Gasteiger partial charge < -0.3 is 9.84 Å². The average Bonchev–Trinajstić information content (AvgIpc) is 2.50. The van der Waals surface area contributed by atoms with Gasteiger partial charge in [-0.05, 0) is 17.2 Å². The van der Waals surface area contributed by atoms with Gasteiger partial charge in [0.15, 0.2) is 0 Å². The minimum absolute atomic E-state index is 0.00395. The number of hydrogen-bond acceptors (Lipinski definition) is 3. The molecule has 0 aliphatic rings. The minimum Gasteiger partial charge on any atom is -0.466 e. The van der Waals surface area contributed by atoms with Crippen molar-refractivity contribution in [1.29, 1.82) is 0 Å². The van der Waals surface area contributed by atoms with E-state index in [0.29, 0.717) is 0 Å². The van der Waals surface area contributed by atoms with Crippen LogP contribution in [0.4, 0.5) is 0 Å². The number of carbonyl (C=O) groups is 1. The standard InChI is InChI=1S/C17H26O3Si/c1-5-6-7-12-16(17(19)20-2)21(3,4)15-11-9-8-10-14(15)13-18/h8-12,18H,5-7,13H2,1-4H3/b16-12+. The number of rotatable bonds is 7. The van der Waals surface area contributed by atoms with Crippen LogP contribution in [0.5, 0.6) is 0 Å². The van der Waals surface area contributed by atoms with E-state index in [0.717, 1.165) is 35.2 Å². The highest BCUT2D eigenvalue weighted by Crippen LogP contribution is 2.20. The summed E-state index contributed by atoms with van der Waals surface area (Å²) in [6.07, 6.45) is 5.08. The molecule has 21 heavy (non-hydrogen) atoms. The fraction of sp³-hybridized carbons (Fsp3) is 0.471. The molecule has 0 aliphatic carbocycles. The second-order valence-electron chi connectivity index (χ2n) is 5.69. The SMILES string of the molecule is CCCC/C=C(\C(=O)OC)[Si](C)(C)c1ccccc1CO. The van der Waals surface area contributed by atoms with Gasteiger partial charge in [0.2, 0.25) is 0 Å². The summed E-state index contributed by atoms with van der Waals surface area (Å²) in [5, 5.41) is 11.4. The van der Waals surface area contributed by atoms with Crippen molar-refractivity contribution in [3.05, 3.63) is 41.1 Å². The van der Waals surface area contributed by atoms with Crippen LogP contribution in [-0.2, 0) is 16.1 Å². The number of allylic oxidation sites excluding steroid dienone is 1. The predicted molar refractivity (Wildman–Crippen MR) is 89.1 cm³/mol. The fourth-order valence-corrected chi connectivity index (χ4v) is 5.60. The van der Waals surface area contributed by atoms with E-state index in [-0.39, 0.29) is 12.6 Å². The molecule has 0 spiro atoms. The van der Waals surface area contributed by atoms with Crippen LogP contribution in [0.3, 0.4) is 0 Å². The molecule has 0 saturated carbocycles. The highest BCUT2D eigenvalue weighted by Gasteiger charge is 2.34. The first-order chi connectivity index (χ1) is 9.98. The Labute approximate surface area is 128 Å². The third-order valence-electron chi connectivity index (χ3n) is 3.85. The monoisotopic (exact) mass is 306 g/mol. The smallest absolute Gasteiger partial charge is 0.329 e. The highest BCUT2D eigenvalue weighted by atomic mass is 28.3. The van der Waals surface area contributed by atoms with E-state index < -0.39 is 8.07 Å². The van der Waals surface area contributed by atoms with Crippen molar-refractivity contribution in [2.75, 3.05) is 7.11 Å². The van der Waals surface area contributed by atoms with Gasteiger partial charge in [0.25, 0.3) is 0 Å². The van der Waals surface area contributed by atoms with Crippen molar-refractivity contribution in [2.24, 2.45) is 0 Å². The Hall–Kier alpha value is -1.39. The molecule has 0 aromatic heterocycles. The molecule has 0 atom stereocenters. The number of methoxy groups -OCH3 is 1. The van der Waals surface area contributed by atoms with Gasteiger partial charge in [-0.15, -0.1) is 0 Å². The number of benzene rings is 1. The Balaban J connectivity index is 3.26. The molecule has 3 nitrogen and oxygen atoms in total. The lowest BCUT2D eigenvalue weighted by Crippen LogP contribution is -2.48. The van der Waals surface area contributed by atoms with Crippen LogP contribution in [0.2, 0.25) is 13.1 Å². The predicted octanol–water partition coefficient (Wildman–Crippen LogP) is 2.92. The zero-order valence-corrected chi connectivity index (χ0v) is 14.5. The summed E-state index contributed by atoms with van der Waals surface area (Å²) < 4.78 is 4.99. The zero-order chi connectivity index (χ0) is 15.9. The maximum Gasteiger partial charge on any atom is 0.329 e. The van der Waals surface area contributed by atoms with Crippen molar-refractivity contribution >= 4 is 19.2 Å². The number of hydrogen-bond donors (Lipinski definition) is 1. The highest BCUT2D eigenvalue weighted by molar-refractivity contribution is 6.98. The largest absolute Gasteiger partial charge is 0.466 e. The lowest BCUT2D eigenvalue weighted by atomic mass is 10.2. The molecule has 0 unspecified atom stereocenters. The third-order valence-corrected chi connectivity index (χ3v) is 7.44. The van der Waals surface area contributed by atoms with E-state index in [9.17, 15) is 9.90 Å². The van der Waals surface area contributed by atoms with Gasteiger partial charge in [-0.2, -0.15) is 0 Å². The van der Waals surface area contributed by atoms with Crippen LogP contribution in [-0.4, -0.2) is 26.3 Å². The van der Waals surface area contributed by atoms with Crippen molar-refractivity contribution in [1.82, 2.24) is 0 Å². The Morgan fingerprint density at radius 2 is 2.00 bits per heavy atom. The van der Waals surface area contributed by atoms with Crippen LogP contribution in [0.15, 0.2) is 35.5 Å². The van der Waals surface area contributed by atoms with E-state index in [1.54, 1.807) is 0 Å². The van der Waals surface area contributed by atoms with E-state index in [2.05, 4.69) is 20.0 Å². The van der Waals surface area contributed by atoms with Crippen molar-refractivity contribution in [3.63, 3.8) is 0 Å². The second kappa shape index (κ2) is 8.15. The summed E-state index contributed by atoms with van der Waals surface area (Å²) in [6.45, 7) is 6.40. The van der Waals surface area contributed by atoms with E-state index in [1.165, 1.54) is 7.11 Å². The van der Waals surface area contributed by atoms with Crippen LogP contribution in [0.1, 0.15) is 31.7 Å². The molecule has 0 radical (unpaired) electrons. The number of unbranched alkanes of at least 4 members (excludes halogenated alkanes) is 2. The molecule has 1 aromatic carbocycles. The first-order valence-corrected chi connectivity index (χ1v) is 10.5. The van der Waals surface area contributed by atoms with Crippen LogP contribution in [0, 0.1) is 0 Å². The number of ether oxygens (including phenoxy) is 1. The molecule has 0 aliphatic heterocycles. The summed E-state index contributed by atoms with van der Waals surface area (Å²) in [6, 6.07) is 7.82. The molecule has 0 heterocycles. The summed E-state index contributed by atoms with van der Waals surface area (Å²) in [7, 11) is -0.753. The topological polar surface area (TPSA) is 46.5 Å². The summed E-state index contributed by atoms with van der Waals surface area (Å²) in [4.78, 5) is 12.2. The maximum atomic E-state index is 12.2. The van der Waals surface area contributed by atoms with Gasteiger partial charge in [-0.3, -0.25) is 0 Å². The molecule has 0 bridgehead atoms. The Morgan fingerprint density at radius 3 is 2.57 bits per heavy atom. The first-order valence-electron chi connectivity index (χ1n) is 7.47. The number of aliphatic hydroxyl groups excluding tert-OH is 1. The number of aliphatic hydroxyl groups is 1. The molecule has 0 amide bonds. The van der Waals surface area contributed by atoms with Crippen LogP contribution < -0.4 is 5.19 Å². The maximum absolute atomic E-state index is 12.2. The van der Waals surface area contributed by atoms with E-state index >= 15 is 0 Å². The normalized spacial score (nSPS) is 12.3. The van der Waals surface area contributed by atoms with Crippen molar-refractivity contribution < 1.29 is 14.6 Å². The van der Waals surface area contributed by atoms with Crippen molar-refractivity contribution in [3.8, 4) is 0 Å². The summed E-state index contributed by atoms with van der Waals surface area (Å²) in [5.41, 5.74) is 0.902. The fourth-order valence-electron chi connectivity index (χ4n) is 2.57. The van der Waals surface area contributed by atoms with Crippen molar-refractivity contribution in [2.45, 2.75) is 45.9 Å². The van der Waals surface area contributed by atoms with Gasteiger partial charge in [-0.25, -0.2) is 4.79 Å². The van der Waals surface area contributed by atoms with Crippen LogP contribution in [0.25, 0.3) is 0 Å². The lowest BCUT2D eigenvalue weighted by Gasteiger charge is -2.27. The molecule has 4 heteroatoms. The number of esters is 1. The minimum atomic E-state index is -2.18. The first kappa shape index (κ1) is 17.7. The molecule has 1 N–H and O–H groups in total. The molecular weight excluding hydrogens is 280 g/mol. The molecular formula is C17H26O3Si. The average molecular weight is 306 g/mol. The van der Waals surface area contributed by atoms with Gasteiger partial charge in [0, 0.05) is 5.20 Å². The molecule has 1 aromatic rings. The molecule has 0 fully saturated rings. The second-order valence-corrected chi connectivity index (χ2v) is 10.0. The Bertz CT molecular complexity index is 507. The summed E-state index contributed by atoms with van der Waals surface area (Å²) >= 11 is 0. The van der Waals surface area contributed by atoms with E-state index in [1.807, 2.05) is 30.3 Å². The quantitative estimate of drug-likeness (QED) is 0.365. The Kier molecular flexibility index (Phi) is 6.85. The summed E-state index contributed by atoms with van der Waals surface area (Å²) in [5.74, 6) is -0.240. The Morgan fingerprint density at radius 1 is 1.33 bits per heavy atom. The third kappa shape index (κ3) is 4.28. The van der Waals surface area contributed by atoms with Gasteiger partial charge in [0.05, 0.1) is 13.7 Å². The zero-order valence-electron chi connectivity index (χ0n) is 13.5. The molecule has 0 saturated heterocycles. The lowest BCUT2D eigenvalue weighted by molar-refractivity contribution is -0.135. The van der Waals surface area contributed by atoms with E-state index in [4.69, 9.17) is 4.74 Å². The van der Waals surface area contributed by atoms with Gasteiger partial charge >= 0.3 is 5.97 Å².